The first kappa shape index (κ1) is 19.7. The summed E-state index contributed by atoms with van der Waals surface area (Å²) in [6.07, 6.45) is 1.73. The summed E-state index contributed by atoms with van der Waals surface area (Å²) in [6.45, 7) is 8.82. The van der Waals surface area contributed by atoms with Gasteiger partial charge in [-0.1, -0.05) is 12.1 Å². The van der Waals surface area contributed by atoms with Crippen LogP contribution in [0.3, 0.4) is 0 Å². The Morgan fingerprint density at radius 3 is 2.26 bits per heavy atom. The quantitative estimate of drug-likeness (QED) is 0.788. The zero-order valence-corrected chi connectivity index (χ0v) is 16.6. The van der Waals surface area contributed by atoms with E-state index in [9.17, 15) is 0 Å². The number of rotatable bonds is 6. The third kappa shape index (κ3) is 4.10. The summed E-state index contributed by atoms with van der Waals surface area (Å²) in [5.41, 5.74) is 7.43. The first-order chi connectivity index (χ1) is 12.8. The Labute approximate surface area is 161 Å². The second-order valence-corrected chi connectivity index (χ2v) is 7.64. The molecule has 7 heteroatoms. The molecule has 0 saturated carbocycles. The molecule has 27 heavy (non-hydrogen) atoms. The van der Waals surface area contributed by atoms with Gasteiger partial charge in [-0.15, -0.1) is 0 Å². The van der Waals surface area contributed by atoms with Crippen molar-refractivity contribution in [3.8, 4) is 11.5 Å². The lowest BCUT2D eigenvalue weighted by Crippen LogP contribution is -2.41. The van der Waals surface area contributed by atoms with Gasteiger partial charge in [0, 0.05) is 24.3 Å². The van der Waals surface area contributed by atoms with Crippen LogP contribution in [0.4, 0.5) is 0 Å². The van der Waals surface area contributed by atoms with E-state index in [1.54, 1.807) is 13.3 Å². The highest BCUT2D eigenvalue weighted by Gasteiger charge is 2.52. The van der Waals surface area contributed by atoms with E-state index in [-0.39, 0.29) is 0 Å². The van der Waals surface area contributed by atoms with Crippen LogP contribution in [0.5, 0.6) is 11.5 Å². The number of pyridine rings is 1. The predicted molar refractivity (Wildman–Crippen MR) is 105 cm³/mol. The SMILES string of the molecule is COc1ccc(COc2cc(CN)ncc2B2OC(C)(C)C(C)(C)O2)cc1. The van der Waals surface area contributed by atoms with Crippen LogP contribution in [-0.2, 0) is 22.5 Å². The monoisotopic (exact) mass is 370 g/mol. The molecule has 0 radical (unpaired) electrons. The van der Waals surface area contributed by atoms with Crippen LogP contribution in [0.2, 0.25) is 0 Å². The Morgan fingerprint density at radius 1 is 1.07 bits per heavy atom. The minimum atomic E-state index is -0.541. The molecule has 2 aromatic rings. The van der Waals surface area contributed by atoms with E-state index in [2.05, 4.69) is 4.98 Å². The molecule has 1 aromatic carbocycles. The van der Waals surface area contributed by atoms with Crippen molar-refractivity contribution in [3.05, 3.63) is 47.8 Å². The van der Waals surface area contributed by atoms with Crippen LogP contribution in [-0.4, -0.2) is 30.4 Å². The van der Waals surface area contributed by atoms with Crippen molar-refractivity contribution in [2.75, 3.05) is 7.11 Å². The second-order valence-electron chi connectivity index (χ2n) is 7.64. The molecular weight excluding hydrogens is 343 g/mol. The van der Waals surface area contributed by atoms with Crippen molar-refractivity contribution in [1.82, 2.24) is 4.98 Å². The van der Waals surface area contributed by atoms with Crippen LogP contribution in [0.1, 0.15) is 39.0 Å². The molecule has 3 rings (SSSR count). The van der Waals surface area contributed by atoms with Crippen molar-refractivity contribution >= 4 is 12.6 Å². The lowest BCUT2D eigenvalue weighted by atomic mass is 9.79. The Bertz CT molecular complexity index is 777. The van der Waals surface area contributed by atoms with Crippen LogP contribution in [0, 0.1) is 0 Å². The molecule has 0 atom stereocenters. The van der Waals surface area contributed by atoms with E-state index < -0.39 is 18.3 Å². The van der Waals surface area contributed by atoms with Gasteiger partial charge < -0.3 is 24.5 Å². The fourth-order valence-electron chi connectivity index (χ4n) is 2.75. The van der Waals surface area contributed by atoms with Gasteiger partial charge in [-0.2, -0.15) is 0 Å². The van der Waals surface area contributed by atoms with E-state index in [4.69, 9.17) is 24.5 Å². The van der Waals surface area contributed by atoms with Gasteiger partial charge in [0.05, 0.1) is 24.0 Å². The molecule has 0 bridgehead atoms. The van der Waals surface area contributed by atoms with Gasteiger partial charge in [-0.25, -0.2) is 0 Å². The normalized spacial score (nSPS) is 17.8. The average molecular weight is 370 g/mol. The second kappa shape index (κ2) is 7.50. The van der Waals surface area contributed by atoms with Gasteiger partial charge in [0.1, 0.15) is 18.1 Å². The molecule has 1 aliphatic heterocycles. The summed E-state index contributed by atoms with van der Waals surface area (Å²) in [4.78, 5) is 4.39. The van der Waals surface area contributed by atoms with E-state index >= 15 is 0 Å². The smallest absolute Gasteiger partial charge is 0.497 e. The van der Waals surface area contributed by atoms with Gasteiger partial charge in [0.15, 0.2) is 0 Å². The molecule has 0 unspecified atom stereocenters. The van der Waals surface area contributed by atoms with Crippen LogP contribution >= 0.6 is 0 Å². The minimum absolute atomic E-state index is 0.336. The third-order valence-electron chi connectivity index (χ3n) is 5.22. The summed E-state index contributed by atoms with van der Waals surface area (Å²) in [6, 6.07) is 9.61. The van der Waals surface area contributed by atoms with E-state index in [0.29, 0.717) is 18.9 Å². The number of methoxy groups -OCH3 is 1. The molecule has 2 N–H and O–H groups in total. The van der Waals surface area contributed by atoms with Crippen LogP contribution < -0.4 is 20.7 Å². The van der Waals surface area contributed by atoms with Gasteiger partial charge in [0.25, 0.3) is 0 Å². The first-order valence-corrected chi connectivity index (χ1v) is 9.06. The van der Waals surface area contributed by atoms with Crippen molar-refractivity contribution in [3.63, 3.8) is 0 Å². The zero-order valence-electron chi connectivity index (χ0n) is 16.6. The summed E-state index contributed by atoms with van der Waals surface area (Å²) >= 11 is 0. The first-order valence-electron chi connectivity index (χ1n) is 9.06. The average Bonchev–Trinajstić information content (AvgIpc) is 2.87. The predicted octanol–water partition coefficient (Wildman–Crippen LogP) is 2.43. The molecular formula is C20H27BN2O4. The number of nitrogens with zero attached hydrogens (tertiary/aromatic N) is 1. The molecule has 2 heterocycles. The summed E-state index contributed by atoms with van der Waals surface area (Å²) in [7, 11) is 1.11. The maximum Gasteiger partial charge on any atom is 0.500 e. The Hall–Kier alpha value is -2.09. The number of aromatic nitrogens is 1. The maximum absolute atomic E-state index is 6.16. The van der Waals surface area contributed by atoms with Gasteiger partial charge >= 0.3 is 7.12 Å². The summed E-state index contributed by atoms with van der Waals surface area (Å²) < 4.78 is 23.6. The largest absolute Gasteiger partial charge is 0.500 e. The van der Waals surface area contributed by atoms with Crippen molar-refractivity contribution in [2.24, 2.45) is 5.73 Å². The lowest BCUT2D eigenvalue weighted by molar-refractivity contribution is 0.00578. The van der Waals surface area contributed by atoms with Crippen LogP contribution in [0.15, 0.2) is 36.5 Å². The Kier molecular flexibility index (Phi) is 5.47. The molecule has 0 spiro atoms. The number of ether oxygens (including phenoxy) is 2. The standard InChI is InChI=1S/C20H27BN2O4/c1-19(2)20(3,4)27-21(26-19)17-12-23-15(11-22)10-18(17)25-13-14-6-8-16(24-5)9-7-14/h6-10,12H,11,13,22H2,1-5H3. The fraction of sp³-hybridized carbons (Fsp3) is 0.450. The maximum atomic E-state index is 6.16. The van der Waals surface area contributed by atoms with Crippen molar-refractivity contribution in [1.29, 1.82) is 0 Å². The van der Waals surface area contributed by atoms with Crippen molar-refractivity contribution in [2.45, 2.75) is 52.0 Å². The molecule has 6 nitrogen and oxygen atoms in total. The minimum Gasteiger partial charge on any atom is -0.497 e. The van der Waals surface area contributed by atoms with Gasteiger partial charge in [-0.05, 0) is 45.4 Å². The van der Waals surface area contributed by atoms with E-state index in [1.165, 1.54) is 0 Å². The van der Waals surface area contributed by atoms with Gasteiger partial charge in [-0.3, -0.25) is 4.98 Å². The highest BCUT2D eigenvalue weighted by atomic mass is 16.7. The number of nitrogens with two attached hydrogens (primary N) is 1. The fourth-order valence-corrected chi connectivity index (χ4v) is 2.75. The zero-order chi connectivity index (χ0) is 19.7. The Balaban J connectivity index is 1.83. The molecule has 1 fully saturated rings. The van der Waals surface area contributed by atoms with Crippen molar-refractivity contribution < 1.29 is 18.8 Å². The highest BCUT2D eigenvalue weighted by molar-refractivity contribution is 6.63. The Morgan fingerprint density at radius 2 is 1.70 bits per heavy atom. The highest BCUT2D eigenvalue weighted by Crippen LogP contribution is 2.37. The number of benzene rings is 1. The summed E-state index contributed by atoms with van der Waals surface area (Å²) in [5.74, 6) is 1.48. The lowest BCUT2D eigenvalue weighted by Gasteiger charge is -2.32. The molecule has 0 amide bonds. The topological polar surface area (TPSA) is 75.8 Å². The van der Waals surface area contributed by atoms with Crippen LogP contribution in [0.25, 0.3) is 0 Å². The third-order valence-corrected chi connectivity index (χ3v) is 5.22. The molecule has 144 valence electrons. The number of hydrogen-bond donors (Lipinski definition) is 1. The summed E-state index contributed by atoms with van der Waals surface area (Å²) in [5, 5.41) is 0. The van der Waals surface area contributed by atoms with E-state index in [0.717, 1.165) is 22.5 Å². The molecule has 1 aromatic heterocycles. The molecule has 1 aliphatic rings. The molecule has 1 saturated heterocycles. The molecule has 0 aliphatic carbocycles. The van der Waals surface area contributed by atoms with E-state index in [1.807, 2.05) is 58.0 Å². The number of hydrogen-bond acceptors (Lipinski definition) is 6. The van der Waals surface area contributed by atoms with Gasteiger partial charge in [0.2, 0.25) is 0 Å².